The molecule has 3 rings (SSSR count). The summed E-state index contributed by atoms with van der Waals surface area (Å²) in [7, 11) is 0. The van der Waals surface area contributed by atoms with E-state index >= 15 is 0 Å². The molecule has 0 aromatic carbocycles. The van der Waals surface area contributed by atoms with Crippen molar-refractivity contribution < 1.29 is 4.79 Å². The van der Waals surface area contributed by atoms with Crippen LogP contribution in [0.25, 0.3) is 0 Å². The van der Waals surface area contributed by atoms with Crippen LogP contribution in [-0.2, 0) is 4.79 Å². The predicted octanol–water partition coefficient (Wildman–Crippen LogP) is 1.83. The zero-order valence-corrected chi connectivity index (χ0v) is 11.4. The molecule has 1 unspecified atom stereocenters. The lowest BCUT2D eigenvalue weighted by Gasteiger charge is -2.28. The summed E-state index contributed by atoms with van der Waals surface area (Å²) >= 11 is 1.83. The second kappa shape index (κ2) is 4.47. The fraction of sp³-hybridized carbons (Fsp3) is 0.923. The van der Waals surface area contributed by atoms with Crippen LogP contribution in [0.5, 0.6) is 0 Å². The number of amides is 1. The van der Waals surface area contributed by atoms with Gasteiger partial charge in [0.05, 0.1) is 11.7 Å². The first-order valence-corrected chi connectivity index (χ1v) is 8.24. The molecule has 1 N–H and O–H groups in total. The lowest BCUT2D eigenvalue weighted by Crippen LogP contribution is -2.43. The molecule has 17 heavy (non-hydrogen) atoms. The van der Waals surface area contributed by atoms with Gasteiger partial charge in [0, 0.05) is 12.3 Å². The van der Waals surface area contributed by atoms with Crippen LogP contribution in [0.2, 0.25) is 0 Å². The Labute approximate surface area is 108 Å². The highest BCUT2D eigenvalue weighted by Gasteiger charge is 2.60. The first-order chi connectivity index (χ1) is 8.27. The Morgan fingerprint density at radius 1 is 1.41 bits per heavy atom. The number of nitrogens with zero attached hydrogens (tertiary/aromatic N) is 1. The molecule has 1 atom stereocenters. The number of carbonyl (C=O) groups excluding carboxylic acids is 1. The number of rotatable bonds is 4. The zero-order chi connectivity index (χ0) is 11.9. The predicted molar refractivity (Wildman–Crippen MR) is 70.9 cm³/mol. The molecule has 4 heteroatoms. The normalized spacial score (nSPS) is 31.7. The highest BCUT2D eigenvalue weighted by molar-refractivity contribution is 7.98. The average Bonchev–Trinajstić information content (AvgIpc) is 2.82. The lowest BCUT2D eigenvalue weighted by molar-refractivity contribution is -0.131. The SMILES string of the molecule is CSCCN1C(=O)C2(CC2)NC1C1CCCC1. The van der Waals surface area contributed by atoms with Gasteiger partial charge in [-0.1, -0.05) is 12.8 Å². The van der Waals surface area contributed by atoms with Crippen molar-refractivity contribution in [2.75, 3.05) is 18.6 Å². The van der Waals surface area contributed by atoms with Crippen LogP contribution in [0.15, 0.2) is 0 Å². The third kappa shape index (κ3) is 1.99. The van der Waals surface area contributed by atoms with E-state index in [1.807, 2.05) is 11.8 Å². The quantitative estimate of drug-likeness (QED) is 0.831. The van der Waals surface area contributed by atoms with E-state index in [2.05, 4.69) is 16.5 Å². The van der Waals surface area contributed by atoms with E-state index in [9.17, 15) is 4.79 Å². The molecule has 1 saturated heterocycles. The minimum absolute atomic E-state index is 0.119. The second-order valence-corrected chi connectivity index (χ2v) is 6.69. The topological polar surface area (TPSA) is 32.3 Å². The summed E-state index contributed by atoms with van der Waals surface area (Å²) in [5, 5.41) is 3.66. The van der Waals surface area contributed by atoms with Gasteiger partial charge in [0.1, 0.15) is 0 Å². The third-order valence-corrected chi connectivity index (χ3v) is 5.15. The van der Waals surface area contributed by atoms with Crippen LogP contribution in [0.3, 0.4) is 0 Å². The van der Waals surface area contributed by atoms with Crippen LogP contribution in [0.1, 0.15) is 38.5 Å². The number of nitrogens with one attached hydrogen (secondary N) is 1. The van der Waals surface area contributed by atoms with Crippen molar-refractivity contribution in [3.05, 3.63) is 0 Å². The minimum Gasteiger partial charge on any atom is -0.324 e. The van der Waals surface area contributed by atoms with Crippen LogP contribution in [-0.4, -0.2) is 41.1 Å². The first kappa shape index (κ1) is 11.8. The van der Waals surface area contributed by atoms with Crippen molar-refractivity contribution in [1.29, 1.82) is 0 Å². The fourth-order valence-electron chi connectivity index (χ4n) is 3.38. The molecule has 0 bridgehead atoms. The van der Waals surface area contributed by atoms with Crippen LogP contribution in [0.4, 0.5) is 0 Å². The highest BCUT2D eigenvalue weighted by Crippen LogP contribution is 2.45. The Kier molecular flexibility index (Phi) is 3.11. The van der Waals surface area contributed by atoms with Gasteiger partial charge in [-0.25, -0.2) is 0 Å². The van der Waals surface area contributed by atoms with Gasteiger partial charge in [-0.2, -0.15) is 11.8 Å². The van der Waals surface area contributed by atoms with E-state index in [1.165, 1.54) is 25.7 Å². The Bertz CT molecular complexity index is 311. The van der Waals surface area contributed by atoms with E-state index in [0.717, 1.165) is 25.1 Å². The molecule has 1 heterocycles. The number of hydrogen-bond acceptors (Lipinski definition) is 3. The molecule has 0 aromatic rings. The number of hydrogen-bond donors (Lipinski definition) is 1. The van der Waals surface area contributed by atoms with Crippen molar-refractivity contribution >= 4 is 17.7 Å². The first-order valence-electron chi connectivity index (χ1n) is 6.84. The molecule has 1 aliphatic heterocycles. The summed E-state index contributed by atoms with van der Waals surface area (Å²) < 4.78 is 0. The highest BCUT2D eigenvalue weighted by atomic mass is 32.2. The molecule has 2 saturated carbocycles. The Morgan fingerprint density at radius 2 is 2.12 bits per heavy atom. The van der Waals surface area contributed by atoms with Crippen LogP contribution < -0.4 is 5.32 Å². The summed E-state index contributed by atoms with van der Waals surface area (Å²) in [4.78, 5) is 14.6. The Balaban J connectivity index is 1.73. The fourth-order valence-corrected chi connectivity index (χ4v) is 3.76. The van der Waals surface area contributed by atoms with Gasteiger partial charge in [-0.3, -0.25) is 10.1 Å². The standard InChI is InChI=1S/C13H22N2OS/c1-17-9-8-15-11(10-4-2-3-5-10)14-13(6-7-13)12(15)16/h10-11,14H,2-9H2,1H3. The summed E-state index contributed by atoms with van der Waals surface area (Å²) in [6, 6.07) is 0. The summed E-state index contributed by atoms with van der Waals surface area (Å²) in [6.45, 7) is 0.927. The Morgan fingerprint density at radius 3 is 2.71 bits per heavy atom. The average molecular weight is 254 g/mol. The molecular weight excluding hydrogens is 232 g/mol. The zero-order valence-electron chi connectivity index (χ0n) is 10.6. The second-order valence-electron chi connectivity index (χ2n) is 5.71. The van der Waals surface area contributed by atoms with E-state index in [4.69, 9.17) is 0 Å². The van der Waals surface area contributed by atoms with Crippen molar-refractivity contribution in [2.24, 2.45) is 5.92 Å². The van der Waals surface area contributed by atoms with Crippen LogP contribution >= 0.6 is 11.8 Å². The third-order valence-electron chi connectivity index (χ3n) is 4.56. The van der Waals surface area contributed by atoms with Gasteiger partial charge in [0.2, 0.25) is 5.91 Å². The van der Waals surface area contributed by atoms with Gasteiger partial charge >= 0.3 is 0 Å². The van der Waals surface area contributed by atoms with Gasteiger partial charge in [0.15, 0.2) is 0 Å². The van der Waals surface area contributed by atoms with Gasteiger partial charge in [0.25, 0.3) is 0 Å². The molecule has 1 spiro atoms. The van der Waals surface area contributed by atoms with E-state index in [0.29, 0.717) is 18.0 Å². The maximum atomic E-state index is 12.4. The molecule has 3 fully saturated rings. The van der Waals surface area contributed by atoms with Gasteiger partial charge in [-0.05, 0) is 37.9 Å². The molecule has 3 nitrogen and oxygen atoms in total. The molecule has 0 aromatic heterocycles. The molecule has 3 aliphatic rings. The molecule has 2 aliphatic carbocycles. The molecule has 96 valence electrons. The number of thioether (sulfide) groups is 1. The van der Waals surface area contributed by atoms with E-state index in [1.54, 1.807) is 0 Å². The number of carbonyl (C=O) groups is 1. The monoisotopic (exact) mass is 254 g/mol. The molecule has 0 radical (unpaired) electrons. The largest absolute Gasteiger partial charge is 0.324 e. The summed E-state index contributed by atoms with van der Waals surface area (Å²) in [6.07, 6.45) is 9.88. The van der Waals surface area contributed by atoms with Crippen molar-refractivity contribution in [1.82, 2.24) is 10.2 Å². The minimum atomic E-state index is -0.119. The van der Waals surface area contributed by atoms with Gasteiger partial charge < -0.3 is 4.90 Å². The van der Waals surface area contributed by atoms with E-state index < -0.39 is 0 Å². The lowest BCUT2D eigenvalue weighted by atomic mass is 10.0. The van der Waals surface area contributed by atoms with Gasteiger partial charge in [-0.15, -0.1) is 0 Å². The summed E-state index contributed by atoms with van der Waals surface area (Å²) in [5.74, 6) is 2.16. The molecular formula is C13H22N2OS. The van der Waals surface area contributed by atoms with Crippen molar-refractivity contribution in [3.63, 3.8) is 0 Å². The van der Waals surface area contributed by atoms with E-state index in [-0.39, 0.29) is 5.54 Å². The van der Waals surface area contributed by atoms with Crippen LogP contribution in [0, 0.1) is 5.92 Å². The Hall–Kier alpha value is -0.220. The maximum Gasteiger partial charge on any atom is 0.244 e. The molecule has 1 amide bonds. The van der Waals surface area contributed by atoms with Crippen molar-refractivity contribution in [3.8, 4) is 0 Å². The van der Waals surface area contributed by atoms with Crippen molar-refractivity contribution in [2.45, 2.75) is 50.2 Å². The maximum absolute atomic E-state index is 12.4. The summed E-state index contributed by atoms with van der Waals surface area (Å²) in [5.41, 5.74) is -0.119. The smallest absolute Gasteiger partial charge is 0.244 e.